The molecule has 0 saturated heterocycles. The van der Waals surface area contributed by atoms with Crippen molar-refractivity contribution in [2.24, 2.45) is 17.8 Å². The number of hydrogen-bond donors (Lipinski definition) is 3. The Bertz CT molecular complexity index is 1250. The Kier molecular flexibility index (Phi) is 5.23. The highest BCUT2D eigenvalue weighted by atomic mass is 32.2. The van der Waals surface area contributed by atoms with Crippen LogP contribution in [0.4, 0.5) is 27.5 Å². The largest absolute Gasteiger partial charge is 0.363 e. The summed E-state index contributed by atoms with van der Waals surface area (Å²) in [6, 6.07) is 5.08. The van der Waals surface area contributed by atoms with Gasteiger partial charge in [-0.2, -0.15) is 4.98 Å². The number of carbonyl (C=O) groups is 1. The van der Waals surface area contributed by atoms with E-state index < -0.39 is 15.8 Å². The van der Waals surface area contributed by atoms with Crippen molar-refractivity contribution in [3.8, 4) is 0 Å². The van der Waals surface area contributed by atoms with Gasteiger partial charge in [-0.25, -0.2) is 17.8 Å². The standard InChI is InChI=1S/C22H25FN6O3S/c1-24-21(30)18-13-3-4-14(9-13)19(18)27-20-16(23)11-25-22(28-20)26-15-5-6-17-12(10-15)7-8-29(17)33(2,31)32/h3-6,10-11,13-14,18-19H,7-9H2,1-2H3,(H,24,30)(H2,25,26,27,28)/t13-,14+,18+,19-/m0/s1. The number of carbonyl (C=O) groups excluding carboxylic acids is 1. The third-order valence-electron chi connectivity index (χ3n) is 6.64. The van der Waals surface area contributed by atoms with Crippen molar-refractivity contribution >= 4 is 39.1 Å². The first-order valence-electron chi connectivity index (χ1n) is 10.8. The maximum absolute atomic E-state index is 14.6. The van der Waals surface area contributed by atoms with Crippen molar-refractivity contribution in [1.29, 1.82) is 0 Å². The molecule has 5 rings (SSSR count). The summed E-state index contributed by atoms with van der Waals surface area (Å²) in [5, 5.41) is 8.92. The SMILES string of the molecule is CNC(=O)[C@H]1[C@@H](Nc2nc(Nc3ccc4c(c3)CCN4S(C)(=O)=O)ncc2F)[C@@H]2C=C[C@H]1C2. The Labute approximate surface area is 191 Å². The van der Waals surface area contributed by atoms with Gasteiger partial charge >= 0.3 is 0 Å². The molecule has 1 fully saturated rings. The molecule has 3 N–H and O–H groups in total. The summed E-state index contributed by atoms with van der Waals surface area (Å²) in [4.78, 5) is 20.8. The number of aromatic nitrogens is 2. The van der Waals surface area contributed by atoms with E-state index >= 15 is 0 Å². The number of benzene rings is 1. The van der Waals surface area contributed by atoms with Crippen molar-refractivity contribution in [1.82, 2.24) is 15.3 Å². The summed E-state index contributed by atoms with van der Waals surface area (Å²) in [5.41, 5.74) is 2.23. The van der Waals surface area contributed by atoms with Crippen LogP contribution in [-0.2, 0) is 21.2 Å². The highest BCUT2D eigenvalue weighted by Crippen LogP contribution is 2.45. The summed E-state index contributed by atoms with van der Waals surface area (Å²) in [6.45, 7) is 0.406. The van der Waals surface area contributed by atoms with Crippen molar-refractivity contribution < 1.29 is 17.6 Å². The molecule has 0 unspecified atom stereocenters. The lowest BCUT2D eigenvalue weighted by molar-refractivity contribution is -0.125. The van der Waals surface area contributed by atoms with E-state index in [1.54, 1.807) is 19.2 Å². The van der Waals surface area contributed by atoms with Gasteiger partial charge in [0, 0.05) is 25.3 Å². The van der Waals surface area contributed by atoms with E-state index in [2.05, 4.69) is 38.1 Å². The maximum atomic E-state index is 14.6. The lowest BCUT2D eigenvalue weighted by Gasteiger charge is -2.28. The Hall–Kier alpha value is -3.21. The average molecular weight is 473 g/mol. The maximum Gasteiger partial charge on any atom is 0.232 e. The number of nitrogens with zero attached hydrogens (tertiary/aromatic N) is 3. The Morgan fingerprint density at radius 2 is 2.03 bits per heavy atom. The topological polar surface area (TPSA) is 116 Å². The minimum absolute atomic E-state index is 0.0387. The van der Waals surface area contributed by atoms with Gasteiger partial charge in [0.25, 0.3) is 0 Å². The molecule has 0 spiro atoms. The van der Waals surface area contributed by atoms with E-state index in [-0.39, 0.29) is 41.5 Å². The van der Waals surface area contributed by atoms with Gasteiger partial charge in [-0.1, -0.05) is 12.2 Å². The van der Waals surface area contributed by atoms with Gasteiger partial charge < -0.3 is 16.0 Å². The first kappa shape index (κ1) is 21.6. The molecule has 0 radical (unpaired) electrons. The quantitative estimate of drug-likeness (QED) is 0.551. The molecule has 1 aliphatic heterocycles. The van der Waals surface area contributed by atoms with E-state index in [0.717, 1.165) is 18.2 Å². The molecular weight excluding hydrogens is 447 g/mol. The van der Waals surface area contributed by atoms with Crippen LogP contribution in [0.1, 0.15) is 12.0 Å². The monoisotopic (exact) mass is 472 g/mol. The highest BCUT2D eigenvalue weighted by molar-refractivity contribution is 7.92. The van der Waals surface area contributed by atoms with Crippen LogP contribution < -0.4 is 20.3 Å². The smallest absolute Gasteiger partial charge is 0.232 e. The lowest BCUT2D eigenvalue weighted by atomic mass is 9.88. The molecule has 11 heteroatoms. The summed E-state index contributed by atoms with van der Waals surface area (Å²) >= 11 is 0. The number of nitrogens with one attached hydrogen (secondary N) is 3. The number of hydrogen-bond acceptors (Lipinski definition) is 7. The summed E-state index contributed by atoms with van der Waals surface area (Å²) in [7, 11) is -1.72. The van der Waals surface area contributed by atoms with Crippen molar-refractivity contribution in [2.45, 2.75) is 18.9 Å². The minimum atomic E-state index is -3.32. The Morgan fingerprint density at radius 1 is 1.24 bits per heavy atom. The number of sulfonamides is 1. The number of rotatable bonds is 6. The first-order valence-corrected chi connectivity index (χ1v) is 12.7. The second-order valence-electron chi connectivity index (χ2n) is 8.70. The van der Waals surface area contributed by atoms with Crippen LogP contribution >= 0.6 is 0 Å². The molecule has 2 bridgehead atoms. The fourth-order valence-electron chi connectivity index (χ4n) is 5.15. The highest BCUT2D eigenvalue weighted by Gasteiger charge is 2.48. The van der Waals surface area contributed by atoms with E-state index in [1.165, 1.54) is 10.6 Å². The van der Waals surface area contributed by atoms with E-state index in [0.29, 0.717) is 24.3 Å². The number of fused-ring (bicyclic) bond motifs is 3. The van der Waals surface area contributed by atoms with E-state index in [4.69, 9.17) is 0 Å². The molecule has 174 valence electrons. The van der Waals surface area contributed by atoms with Gasteiger partial charge in [0.2, 0.25) is 21.9 Å². The average Bonchev–Trinajstić information content (AvgIpc) is 3.49. The molecular formula is C22H25FN6O3S. The molecule has 1 saturated carbocycles. The lowest BCUT2D eigenvalue weighted by Crippen LogP contribution is -2.42. The number of allylic oxidation sites excluding steroid dienone is 1. The van der Waals surface area contributed by atoms with Gasteiger partial charge in [-0.05, 0) is 48.4 Å². The fraction of sp³-hybridized carbons (Fsp3) is 0.409. The second-order valence-corrected chi connectivity index (χ2v) is 10.6. The zero-order chi connectivity index (χ0) is 23.3. The van der Waals surface area contributed by atoms with Gasteiger partial charge in [0.1, 0.15) is 0 Å². The Balaban J connectivity index is 1.36. The van der Waals surface area contributed by atoms with Crippen LogP contribution in [0.2, 0.25) is 0 Å². The third kappa shape index (κ3) is 3.90. The van der Waals surface area contributed by atoms with Gasteiger partial charge in [-0.15, -0.1) is 0 Å². The molecule has 9 nitrogen and oxygen atoms in total. The van der Waals surface area contributed by atoms with Gasteiger partial charge in [0.15, 0.2) is 11.6 Å². The van der Waals surface area contributed by atoms with Crippen molar-refractivity contribution in [3.05, 3.63) is 47.9 Å². The molecule has 1 amide bonds. The van der Waals surface area contributed by atoms with Crippen LogP contribution in [0, 0.1) is 23.6 Å². The zero-order valence-electron chi connectivity index (χ0n) is 18.2. The van der Waals surface area contributed by atoms with Crippen molar-refractivity contribution in [2.75, 3.05) is 34.8 Å². The number of halogens is 1. The van der Waals surface area contributed by atoms with Crippen LogP contribution in [0.15, 0.2) is 36.5 Å². The van der Waals surface area contributed by atoms with Gasteiger partial charge in [-0.3, -0.25) is 9.10 Å². The van der Waals surface area contributed by atoms with E-state index in [9.17, 15) is 17.6 Å². The summed E-state index contributed by atoms with van der Waals surface area (Å²) in [5.74, 6) is -0.446. The van der Waals surface area contributed by atoms with Crippen LogP contribution in [0.25, 0.3) is 0 Å². The van der Waals surface area contributed by atoms with Crippen LogP contribution in [-0.4, -0.2) is 50.2 Å². The molecule has 2 heterocycles. The summed E-state index contributed by atoms with van der Waals surface area (Å²) in [6.07, 6.45) is 7.88. The fourth-order valence-corrected chi connectivity index (χ4v) is 6.11. The predicted molar refractivity (Wildman–Crippen MR) is 123 cm³/mol. The third-order valence-corrected chi connectivity index (χ3v) is 7.82. The Morgan fingerprint density at radius 3 is 2.79 bits per heavy atom. The summed E-state index contributed by atoms with van der Waals surface area (Å²) < 4.78 is 39.8. The predicted octanol–water partition coefficient (Wildman–Crippen LogP) is 2.03. The van der Waals surface area contributed by atoms with Crippen LogP contribution in [0.3, 0.4) is 0 Å². The minimum Gasteiger partial charge on any atom is -0.363 e. The van der Waals surface area contributed by atoms with Gasteiger partial charge in [0.05, 0.1) is 24.1 Å². The zero-order valence-corrected chi connectivity index (χ0v) is 19.1. The molecule has 3 aliphatic rings. The number of amides is 1. The normalized spacial score (nSPS) is 25.2. The van der Waals surface area contributed by atoms with Crippen LogP contribution in [0.5, 0.6) is 0 Å². The number of anilines is 4. The molecule has 1 aromatic heterocycles. The molecule has 33 heavy (non-hydrogen) atoms. The second kappa shape index (κ2) is 7.98. The molecule has 2 aliphatic carbocycles. The molecule has 1 aromatic carbocycles. The first-order chi connectivity index (χ1) is 15.7. The molecule has 4 atom stereocenters. The van der Waals surface area contributed by atoms with Crippen molar-refractivity contribution in [3.63, 3.8) is 0 Å². The van der Waals surface area contributed by atoms with E-state index in [1.807, 2.05) is 6.07 Å². The molecule has 2 aromatic rings.